The highest BCUT2D eigenvalue weighted by Crippen LogP contribution is 1.61. The van der Waals surface area contributed by atoms with Crippen molar-refractivity contribution in [2.45, 2.75) is 0 Å². The Morgan fingerprint density at radius 2 is 1.25 bits per heavy atom. The van der Waals surface area contributed by atoms with E-state index in [4.69, 9.17) is 10.2 Å². The second-order valence-corrected chi connectivity index (χ2v) is 1.39. The van der Waals surface area contributed by atoms with E-state index < -0.39 is 11.9 Å². The fraction of sp³-hybridized carbons (Fsp3) is 0.500. The number of carboxylic acid groups (broad SMARTS) is 2. The number of hydrogen-bond donors (Lipinski definition) is 4. The number of nitrogens with one attached hydrogen (secondary N) is 1. The standard InChI is InChI=1S/C4H7NO4.2ClH.H3N/c6-3(7)1-5-2-4(8)9;;;/h5H,1-2H2,(H,6,7)(H,8,9);2*1H;1H3. The number of carbonyl (C=O) groups is 2. The Labute approximate surface area is 81.7 Å². The summed E-state index contributed by atoms with van der Waals surface area (Å²) in [7, 11) is 0. The molecule has 6 N–H and O–H groups in total. The Morgan fingerprint density at radius 3 is 1.42 bits per heavy atom. The summed E-state index contributed by atoms with van der Waals surface area (Å²) in [5.41, 5.74) is 0. The van der Waals surface area contributed by atoms with Crippen LogP contribution in [0, 0.1) is 0 Å². The highest BCUT2D eigenvalue weighted by molar-refractivity contribution is 5.85. The highest BCUT2D eigenvalue weighted by atomic mass is 35.5. The van der Waals surface area contributed by atoms with Crippen LogP contribution in [-0.2, 0) is 9.59 Å². The average molecular weight is 223 g/mol. The largest absolute Gasteiger partial charge is 0.480 e. The predicted molar refractivity (Wildman–Crippen MR) is 47.7 cm³/mol. The molecule has 0 bridgehead atoms. The fourth-order valence-corrected chi connectivity index (χ4v) is 0.276. The third kappa shape index (κ3) is 22.7. The molecule has 0 rings (SSSR count). The lowest BCUT2D eigenvalue weighted by atomic mass is 10.6. The molecule has 0 heterocycles. The van der Waals surface area contributed by atoms with Crippen molar-refractivity contribution < 1.29 is 19.8 Å². The molecule has 0 spiro atoms. The molecule has 76 valence electrons. The maximum atomic E-state index is 9.73. The number of halogens is 2. The van der Waals surface area contributed by atoms with E-state index in [2.05, 4.69) is 5.32 Å². The van der Waals surface area contributed by atoms with Crippen LogP contribution >= 0.6 is 24.8 Å². The van der Waals surface area contributed by atoms with E-state index in [9.17, 15) is 9.59 Å². The van der Waals surface area contributed by atoms with Crippen molar-refractivity contribution >= 4 is 36.8 Å². The maximum absolute atomic E-state index is 9.73. The van der Waals surface area contributed by atoms with Crippen molar-refractivity contribution in [3.8, 4) is 0 Å². The number of rotatable bonds is 4. The van der Waals surface area contributed by atoms with Gasteiger partial charge in [-0.2, -0.15) is 0 Å². The zero-order valence-electron chi connectivity index (χ0n) is 6.15. The van der Waals surface area contributed by atoms with Gasteiger partial charge < -0.3 is 16.4 Å². The van der Waals surface area contributed by atoms with Crippen molar-refractivity contribution in [3.05, 3.63) is 0 Å². The van der Waals surface area contributed by atoms with E-state index in [-0.39, 0.29) is 44.1 Å². The summed E-state index contributed by atoms with van der Waals surface area (Å²) in [4.78, 5) is 19.5. The van der Waals surface area contributed by atoms with E-state index in [1.54, 1.807) is 0 Å². The van der Waals surface area contributed by atoms with Crippen LogP contribution < -0.4 is 11.5 Å². The van der Waals surface area contributed by atoms with Gasteiger partial charge >= 0.3 is 11.9 Å². The minimum absolute atomic E-state index is 0. The van der Waals surface area contributed by atoms with Gasteiger partial charge in [-0.05, 0) is 0 Å². The van der Waals surface area contributed by atoms with Crippen molar-refractivity contribution in [2.24, 2.45) is 0 Å². The topological polar surface area (TPSA) is 122 Å². The first-order valence-electron chi connectivity index (χ1n) is 2.27. The van der Waals surface area contributed by atoms with Crippen LogP contribution in [0.4, 0.5) is 0 Å². The molecule has 8 heteroatoms. The van der Waals surface area contributed by atoms with Crippen molar-refractivity contribution in [1.82, 2.24) is 11.5 Å². The van der Waals surface area contributed by atoms with Crippen LogP contribution in [0.15, 0.2) is 0 Å². The maximum Gasteiger partial charge on any atom is 0.317 e. The molecule has 0 unspecified atom stereocenters. The third-order valence-electron chi connectivity index (χ3n) is 0.552. The molecule has 0 aliphatic heterocycles. The summed E-state index contributed by atoms with van der Waals surface area (Å²) in [5.74, 6) is -2.12. The predicted octanol–water partition coefficient (Wildman–Crippen LogP) is -0.249. The van der Waals surface area contributed by atoms with Gasteiger partial charge in [-0.15, -0.1) is 24.8 Å². The zero-order valence-corrected chi connectivity index (χ0v) is 7.78. The fourth-order valence-electron chi connectivity index (χ4n) is 0.276. The molecule has 0 fully saturated rings. The van der Waals surface area contributed by atoms with Gasteiger partial charge in [0.25, 0.3) is 0 Å². The van der Waals surface area contributed by atoms with Crippen LogP contribution in [0.5, 0.6) is 0 Å². The molecule has 0 amide bonds. The number of carboxylic acids is 2. The summed E-state index contributed by atoms with van der Waals surface area (Å²) in [6, 6.07) is 0. The van der Waals surface area contributed by atoms with Gasteiger partial charge in [-0.1, -0.05) is 0 Å². The molecule has 0 radical (unpaired) electrons. The Balaban J connectivity index is -0.000000107. The Bertz CT molecular complexity index is 118. The van der Waals surface area contributed by atoms with Gasteiger partial charge in [0, 0.05) is 0 Å². The van der Waals surface area contributed by atoms with Gasteiger partial charge in [-0.3, -0.25) is 14.9 Å². The third-order valence-corrected chi connectivity index (χ3v) is 0.552. The molecule has 0 saturated carbocycles. The molecule has 0 aliphatic rings. The second-order valence-electron chi connectivity index (χ2n) is 1.39. The summed E-state index contributed by atoms with van der Waals surface area (Å²) in [5, 5.41) is 18.1. The molecule has 0 aromatic carbocycles. The summed E-state index contributed by atoms with van der Waals surface area (Å²) in [6.07, 6.45) is 0. The van der Waals surface area contributed by atoms with Crippen molar-refractivity contribution in [2.75, 3.05) is 13.1 Å². The molecule has 0 aromatic heterocycles. The second kappa shape index (κ2) is 13.1. The van der Waals surface area contributed by atoms with Crippen LogP contribution in [0.25, 0.3) is 0 Å². The summed E-state index contributed by atoms with van der Waals surface area (Å²) in [6.45, 7) is -0.626. The van der Waals surface area contributed by atoms with E-state index >= 15 is 0 Å². The van der Waals surface area contributed by atoms with Gasteiger partial charge in [0.15, 0.2) is 0 Å². The lowest BCUT2D eigenvalue weighted by Gasteiger charge is -1.93. The van der Waals surface area contributed by atoms with Crippen LogP contribution in [0.3, 0.4) is 0 Å². The normalized spacial score (nSPS) is 6.67. The number of hydrogen-bond acceptors (Lipinski definition) is 4. The summed E-state index contributed by atoms with van der Waals surface area (Å²) >= 11 is 0. The first kappa shape index (κ1) is 22.5. The van der Waals surface area contributed by atoms with E-state index in [1.165, 1.54) is 0 Å². The monoisotopic (exact) mass is 222 g/mol. The van der Waals surface area contributed by atoms with Gasteiger partial charge in [0.05, 0.1) is 13.1 Å². The summed E-state index contributed by atoms with van der Waals surface area (Å²) < 4.78 is 0. The van der Waals surface area contributed by atoms with E-state index in [0.717, 1.165) is 0 Å². The number of aliphatic carboxylic acids is 2. The van der Waals surface area contributed by atoms with E-state index in [0.29, 0.717) is 0 Å². The van der Waals surface area contributed by atoms with Crippen LogP contribution in [0.2, 0.25) is 0 Å². The first-order chi connectivity index (χ1) is 4.13. The average Bonchev–Trinajstić information content (AvgIpc) is 1.63. The van der Waals surface area contributed by atoms with E-state index in [1.807, 2.05) is 0 Å². The molecule has 0 atom stereocenters. The molecule has 0 saturated heterocycles. The molecular formula is C4H12Cl2N2O4. The Morgan fingerprint density at radius 1 is 1.00 bits per heavy atom. The minimum Gasteiger partial charge on any atom is -0.480 e. The van der Waals surface area contributed by atoms with Crippen LogP contribution in [0.1, 0.15) is 0 Å². The molecule has 0 aromatic rings. The molecular weight excluding hydrogens is 211 g/mol. The zero-order chi connectivity index (χ0) is 7.28. The lowest BCUT2D eigenvalue weighted by molar-refractivity contribution is -0.137. The minimum atomic E-state index is -1.06. The van der Waals surface area contributed by atoms with Gasteiger partial charge in [-0.25, -0.2) is 0 Å². The SMILES string of the molecule is Cl.Cl.N.O=C(O)CNCC(=O)O. The van der Waals surface area contributed by atoms with Crippen molar-refractivity contribution in [3.63, 3.8) is 0 Å². The Hall–Kier alpha value is -0.560. The Kier molecular flexibility index (Phi) is 24.5. The highest BCUT2D eigenvalue weighted by Gasteiger charge is 1.97. The molecule has 0 aliphatic carbocycles. The van der Waals surface area contributed by atoms with Crippen LogP contribution in [-0.4, -0.2) is 35.2 Å². The first-order valence-corrected chi connectivity index (χ1v) is 2.27. The molecule has 6 nitrogen and oxygen atoms in total. The lowest BCUT2D eigenvalue weighted by Crippen LogP contribution is -2.27. The van der Waals surface area contributed by atoms with Crippen molar-refractivity contribution in [1.29, 1.82) is 0 Å². The smallest absolute Gasteiger partial charge is 0.317 e. The van der Waals surface area contributed by atoms with Gasteiger partial charge in [0.2, 0.25) is 0 Å². The van der Waals surface area contributed by atoms with Gasteiger partial charge in [0.1, 0.15) is 0 Å². The molecule has 12 heavy (non-hydrogen) atoms. The quantitative estimate of drug-likeness (QED) is 0.521.